The largest absolute Gasteiger partial charge is 0.490 e. The SMILES string of the molecule is CCCCCCCOc1ccc(C#N)cc1OCCCCCCC. The average Bonchev–Trinajstić information content (AvgIpc) is 2.61. The van der Waals surface area contributed by atoms with Gasteiger partial charge in [0.25, 0.3) is 0 Å². The summed E-state index contributed by atoms with van der Waals surface area (Å²) in [4.78, 5) is 0. The minimum Gasteiger partial charge on any atom is -0.490 e. The van der Waals surface area contributed by atoms with Crippen molar-refractivity contribution in [3.8, 4) is 17.6 Å². The van der Waals surface area contributed by atoms with E-state index in [1.54, 1.807) is 12.1 Å². The van der Waals surface area contributed by atoms with E-state index in [1.807, 2.05) is 6.07 Å². The van der Waals surface area contributed by atoms with E-state index in [0.717, 1.165) is 18.6 Å². The summed E-state index contributed by atoms with van der Waals surface area (Å²) >= 11 is 0. The topological polar surface area (TPSA) is 42.2 Å². The summed E-state index contributed by atoms with van der Waals surface area (Å²) in [7, 11) is 0. The van der Waals surface area contributed by atoms with Gasteiger partial charge in [-0.2, -0.15) is 5.26 Å². The number of ether oxygens (including phenoxy) is 2. The maximum absolute atomic E-state index is 9.07. The van der Waals surface area contributed by atoms with Gasteiger partial charge in [-0.3, -0.25) is 0 Å². The third-order valence-corrected chi connectivity index (χ3v) is 4.08. The van der Waals surface area contributed by atoms with Crippen molar-refractivity contribution in [1.29, 1.82) is 5.26 Å². The average molecular weight is 332 g/mol. The molecule has 0 spiro atoms. The first kappa shape index (κ1) is 20.4. The van der Waals surface area contributed by atoms with E-state index in [4.69, 9.17) is 14.7 Å². The minimum atomic E-state index is 0.617. The van der Waals surface area contributed by atoms with Gasteiger partial charge in [0.15, 0.2) is 11.5 Å². The van der Waals surface area contributed by atoms with Crippen molar-refractivity contribution >= 4 is 0 Å². The molecule has 1 rings (SSSR count). The fourth-order valence-corrected chi connectivity index (χ4v) is 2.59. The molecule has 0 radical (unpaired) electrons. The van der Waals surface area contributed by atoms with Gasteiger partial charge in [-0.25, -0.2) is 0 Å². The van der Waals surface area contributed by atoms with E-state index in [9.17, 15) is 0 Å². The summed E-state index contributed by atoms with van der Waals surface area (Å²) in [5, 5.41) is 9.07. The lowest BCUT2D eigenvalue weighted by Crippen LogP contribution is -2.03. The highest BCUT2D eigenvalue weighted by atomic mass is 16.5. The Labute approximate surface area is 148 Å². The van der Waals surface area contributed by atoms with E-state index in [2.05, 4.69) is 19.9 Å². The molecule has 134 valence electrons. The van der Waals surface area contributed by atoms with E-state index in [0.29, 0.717) is 24.5 Å². The highest BCUT2D eigenvalue weighted by Gasteiger charge is 2.07. The molecule has 0 saturated carbocycles. The molecule has 0 unspecified atom stereocenters. The van der Waals surface area contributed by atoms with Gasteiger partial charge in [0.05, 0.1) is 24.8 Å². The van der Waals surface area contributed by atoms with Crippen molar-refractivity contribution in [3.05, 3.63) is 23.8 Å². The molecule has 0 aromatic heterocycles. The monoisotopic (exact) mass is 331 g/mol. The lowest BCUT2D eigenvalue weighted by Gasteiger charge is -2.13. The maximum atomic E-state index is 9.07. The van der Waals surface area contributed by atoms with Crippen LogP contribution in [0.5, 0.6) is 11.5 Å². The van der Waals surface area contributed by atoms with Crippen LogP contribution in [0.3, 0.4) is 0 Å². The van der Waals surface area contributed by atoms with Gasteiger partial charge in [0.1, 0.15) is 0 Å². The molecule has 3 nitrogen and oxygen atoms in total. The zero-order valence-electron chi connectivity index (χ0n) is 15.5. The standard InChI is InChI=1S/C21H33NO2/c1-3-5-7-9-11-15-23-20-14-13-19(18-22)17-21(20)24-16-12-10-8-6-4-2/h13-14,17H,3-12,15-16H2,1-2H3. The Bertz CT molecular complexity index is 479. The summed E-state index contributed by atoms with van der Waals surface area (Å²) in [6.45, 7) is 5.84. The van der Waals surface area contributed by atoms with Crippen molar-refractivity contribution < 1.29 is 9.47 Å². The van der Waals surface area contributed by atoms with Crippen LogP contribution in [0.25, 0.3) is 0 Å². The predicted octanol–water partition coefficient (Wildman–Crippen LogP) is 6.26. The molecular formula is C21H33NO2. The van der Waals surface area contributed by atoms with Gasteiger partial charge in [-0.15, -0.1) is 0 Å². The van der Waals surface area contributed by atoms with Crippen molar-refractivity contribution in [2.75, 3.05) is 13.2 Å². The van der Waals surface area contributed by atoms with Gasteiger partial charge in [-0.05, 0) is 25.0 Å². The molecule has 0 aliphatic carbocycles. The van der Waals surface area contributed by atoms with Gasteiger partial charge < -0.3 is 9.47 Å². The van der Waals surface area contributed by atoms with Crippen LogP contribution < -0.4 is 9.47 Å². The second kappa shape index (κ2) is 13.7. The van der Waals surface area contributed by atoms with Crippen LogP contribution in [0, 0.1) is 11.3 Å². The van der Waals surface area contributed by atoms with Gasteiger partial charge >= 0.3 is 0 Å². The zero-order valence-corrected chi connectivity index (χ0v) is 15.5. The van der Waals surface area contributed by atoms with Crippen LogP contribution in [0.2, 0.25) is 0 Å². The second-order valence-corrected chi connectivity index (χ2v) is 6.30. The fourth-order valence-electron chi connectivity index (χ4n) is 2.59. The first-order valence-corrected chi connectivity index (χ1v) is 9.61. The predicted molar refractivity (Wildman–Crippen MR) is 99.7 cm³/mol. The zero-order chi connectivity index (χ0) is 17.5. The molecule has 0 N–H and O–H groups in total. The van der Waals surface area contributed by atoms with Crippen LogP contribution in [0.4, 0.5) is 0 Å². The van der Waals surface area contributed by atoms with Crippen molar-refractivity contribution in [1.82, 2.24) is 0 Å². The highest BCUT2D eigenvalue weighted by Crippen LogP contribution is 2.29. The van der Waals surface area contributed by atoms with Gasteiger partial charge in [0, 0.05) is 6.07 Å². The number of nitriles is 1. The first-order chi connectivity index (χ1) is 11.8. The Morgan fingerprint density at radius 2 is 1.29 bits per heavy atom. The smallest absolute Gasteiger partial charge is 0.162 e. The molecule has 1 aromatic carbocycles. The molecular weight excluding hydrogens is 298 g/mol. The van der Waals surface area contributed by atoms with Crippen LogP contribution >= 0.6 is 0 Å². The normalized spacial score (nSPS) is 10.4. The van der Waals surface area contributed by atoms with E-state index in [-0.39, 0.29) is 0 Å². The lowest BCUT2D eigenvalue weighted by molar-refractivity contribution is 0.258. The molecule has 0 aliphatic heterocycles. The van der Waals surface area contributed by atoms with Crippen LogP contribution in [-0.4, -0.2) is 13.2 Å². The number of nitrogens with zero attached hydrogens (tertiary/aromatic N) is 1. The van der Waals surface area contributed by atoms with Gasteiger partial charge in [0.2, 0.25) is 0 Å². The van der Waals surface area contributed by atoms with Crippen LogP contribution in [0.1, 0.15) is 83.6 Å². The van der Waals surface area contributed by atoms with Crippen molar-refractivity contribution in [2.24, 2.45) is 0 Å². The fraction of sp³-hybridized carbons (Fsp3) is 0.667. The molecule has 0 fully saturated rings. The third kappa shape index (κ3) is 8.82. The van der Waals surface area contributed by atoms with Crippen molar-refractivity contribution in [3.63, 3.8) is 0 Å². The maximum Gasteiger partial charge on any atom is 0.162 e. The summed E-state index contributed by atoms with van der Waals surface area (Å²) in [5.41, 5.74) is 0.617. The highest BCUT2D eigenvalue weighted by molar-refractivity contribution is 5.46. The molecule has 0 saturated heterocycles. The number of hydrogen-bond acceptors (Lipinski definition) is 3. The Hall–Kier alpha value is -1.69. The van der Waals surface area contributed by atoms with Crippen molar-refractivity contribution in [2.45, 2.75) is 78.1 Å². The van der Waals surface area contributed by atoms with E-state index in [1.165, 1.54) is 51.4 Å². The molecule has 0 heterocycles. The molecule has 0 atom stereocenters. The molecule has 0 aliphatic rings. The minimum absolute atomic E-state index is 0.617. The summed E-state index contributed by atoms with van der Waals surface area (Å²) < 4.78 is 11.8. The molecule has 0 amide bonds. The number of unbranched alkanes of at least 4 members (excludes halogenated alkanes) is 8. The Kier molecular flexibility index (Phi) is 11.6. The molecule has 1 aromatic rings. The van der Waals surface area contributed by atoms with E-state index >= 15 is 0 Å². The Balaban J connectivity index is 2.41. The summed E-state index contributed by atoms with van der Waals surface area (Å²) in [6.07, 6.45) is 12.1. The van der Waals surface area contributed by atoms with E-state index < -0.39 is 0 Å². The Morgan fingerprint density at radius 3 is 1.83 bits per heavy atom. The molecule has 3 heteroatoms. The lowest BCUT2D eigenvalue weighted by atomic mass is 10.1. The molecule has 0 bridgehead atoms. The third-order valence-electron chi connectivity index (χ3n) is 4.08. The second-order valence-electron chi connectivity index (χ2n) is 6.30. The quantitative estimate of drug-likeness (QED) is 0.378. The first-order valence-electron chi connectivity index (χ1n) is 9.61. The van der Waals surface area contributed by atoms with Crippen LogP contribution in [-0.2, 0) is 0 Å². The van der Waals surface area contributed by atoms with Gasteiger partial charge in [-0.1, -0.05) is 65.2 Å². The number of benzene rings is 1. The summed E-state index contributed by atoms with van der Waals surface area (Å²) in [6, 6.07) is 7.61. The number of rotatable bonds is 14. The van der Waals surface area contributed by atoms with Crippen LogP contribution in [0.15, 0.2) is 18.2 Å². The number of hydrogen-bond donors (Lipinski definition) is 0. The molecule has 24 heavy (non-hydrogen) atoms. The Morgan fingerprint density at radius 1 is 0.750 bits per heavy atom. The summed E-state index contributed by atoms with van der Waals surface area (Å²) in [5.74, 6) is 1.47.